The van der Waals surface area contributed by atoms with Crippen molar-refractivity contribution < 1.29 is 0 Å². The van der Waals surface area contributed by atoms with Crippen molar-refractivity contribution in [2.75, 3.05) is 5.75 Å². The number of thioether (sulfide) groups is 1. The maximum Gasteiger partial charge on any atom is 0.106 e. The molecule has 1 rings (SSSR count). The Kier molecular flexibility index (Phi) is 6.40. The zero-order valence-electron chi connectivity index (χ0n) is 12.3. The molecule has 0 aliphatic heterocycles. The zero-order valence-corrected chi connectivity index (χ0v) is 13.1. The molecule has 1 N–H and O–H groups in total. The number of nitrogens with zero attached hydrogens (tertiary/aromatic N) is 3. The fourth-order valence-corrected chi connectivity index (χ4v) is 2.98. The quantitative estimate of drug-likeness (QED) is 0.587. The molecule has 0 aliphatic rings. The van der Waals surface area contributed by atoms with E-state index < -0.39 is 0 Å². The molecule has 0 saturated carbocycles. The van der Waals surface area contributed by atoms with Crippen LogP contribution < -0.4 is 5.32 Å². The maximum absolute atomic E-state index is 9.41. The second kappa shape index (κ2) is 7.56. The summed E-state index contributed by atoms with van der Waals surface area (Å²) in [6.07, 6.45) is 6.67. The maximum atomic E-state index is 9.41. The fraction of sp³-hybridized carbons (Fsp3) is 0.714. The lowest BCUT2D eigenvalue weighted by Crippen LogP contribution is -2.47. The lowest BCUT2D eigenvalue weighted by atomic mass is 9.91. The topological polar surface area (TPSA) is 53.6 Å². The molecule has 4 nitrogen and oxygen atoms in total. The molecule has 0 radical (unpaired) electrons. The molecule has 1 aromatic rings. The van der Waals surface area contributed by atoms with Gasteiger partial charge in [0.2, 0.25) is 0 Å². The van der Waals surface area contributed by atoms with Gasteiger partial charge in [0.05, 0.1) is 12.3 Å². The molecule has 1 aromatic heterocycles. The SMILES string of the molecule is CCC(C#N)(CCCSc1cnn(C)c1)NC(C)C. The first-order chi connectivity index (χ1) is 9.01. The summed E-state index contributed by atoms with van der Waals surface area (Å²) >= 11 is 1.80. The molecule has 0 aromatic carbocycles. The highest BCUT2D eigenvalue weighted by atomic mass is 32.2. The Morgan fingerprint density at radius 3 is 2.79 bits per heavy atom. The van der Waals surface area contributed by atoms with Gasteiger partial charge in [-0.15, -0.1) is 11.8 Å². The first kappa shape index (κ1) is 16.1. The molecule has 5 heteroatoms. The van der Waals surface area contributed by atoms with E-state index in [0.717, 1.165) is 25.0 Å². The molecule has 19 heavy (non-hydrogen) atoms. The summed E-state index contributed by atoms with van der Waals surface area (Å²) in [5, 5.41) is 17.0. The van der Waals surface area contributed by atoms with E-state index in [1.165, 1.54) is 4.90 Å². The zero-order chi connectivity index (χ0) is 14.3. The Bertz CT molecular complexity index is 421. The normalized spacial score (nSPS) is 14.3. The van der Waals surface area contributed by atoms with Gasteiger partial charge in [-0.1, -0.05) is 6.92 Å². The minimum absolute atomic E-state index is 0.338. The van der Waals surface area contributed by atoms with Crippen LogP contribution in [0.5, 0.6) is 0 Å². The van der Waals surface area contributed by atoms with Crippen LogP contribution in [-0.2, 0) is 7.05 Å². The van der Waals surface area contributed by atoms with Crippen molar-refractivity contribution in [2.45, 2.75) is 56.5 Å². The first-order valence-electron chi connectivity index (χ1n) is 6.81. The number of aromatic nitrogens is 2. The van der Waals surface area contributed by atoms with Crippen molar-refractivity contribution in [3.63, 3.8) is 0 Å². The highest BCUT2D eigenvalue weighted by Crippen LogP contribution is 2.22. The highest BCUT2D eigenvalue weighted by molar-refractivity contribution is 7.99. The summed E-state index contributed by atoms with van der Waals surface area (Å²) in [6, 6.07) is 2.80. The van der Waals surface area contributed by atoms with E-state index in [1.54, 1.807) is 11.8 Å². The van der Waals surface area contributed by atoms with Crippen molar-refractivity contribution in [2.24, 2.45) is 7.05 Å². The average molecular weight is 280 g/mol. The fourth-order valence-electron chi connectivity index (χ4n) is 2.11. The molecule has 0 fully saturated rings. The van der Waals surface area contributed by atoms with E-state index in [1.807, 2.05) is 24.1 Å². The summed E-state index contributed by atoms with van der Waals surface area (Å²) in [5.74, 6) is 1.02. The van der Waals surface area contributed by atoms with Gasteiger partial charge in [0.1, 0.15) is 5.54 Å². The molecule has 106 valence electrons. The summed E-state index contributed by atoms with van der Waals surface area (Å²) in [5.41, 5.74) is -0.371. The Labute approximate surface area is 120 Å². The van der Waals surface area contributed by atoms with Gasteiger partial charge in [0.15, 0.2) is 0 Å². The summed E-state index contributed by atoms with van der Waals surface area (Å²) in [4.78, 5) is 1.19. The minimum atomic E-state index is -0.371. The summed E-state index contributed by atoms with van der Waals surface area (Å²) < 4.78 is 1.81. The van der Waals surface area contributed by atoms with E-state index in [9.17, 15) is 5.26 Å². The second-order valence-electron chi connectivity index (χ2n) is 5.15. The lowest BCUT2D eigenvalue weighted by molar-refractivity contribution is 0.341. The van der Waals surface area contributed by atoms with E-state index in [4.69, 9.17) is 0 Å². The Hall–Kier alpha value is -0.990. The van der Waals surface area contributed by atoms with Crippen LogP contribution in [0.2, 0.25) is 0 Å². The number of nitrogens with one attached hydrogen (secondary N) is 1. The number of aryl methyl sites for hydroxylation is 1. The van der Waals surface area contributed by atoms with Gasteiger partial charge in [0, 0.05) is 24.2 Å². The van der Waals surface area contributed by atoms with Gasteiger partial charge in [-0.3, -0.25) is 10.00 Å². The number of hydrogen-bond donors (Lipinski definition) is 1. The van der Waals surface area contributed by atoms with Crippen LogP contribution in [0, 0.1) is 11.3 Å². The summed E-state index contributed by atoms with van der Waals surface area (Å²) in [7, 11) is 1.93. The molecule has 0 amide bonds. The number of hydrogen-bond acceptors (Lipinski definition) is 4. The summed E-state index contributed by atoms with van der Waals surface area (Å²) in [6.45, 7) is 6.26. The highest BCUT2D eigenvalue weighted by Gasteiger charge is 2.27. The van der Waals surface area contributed by atoms with Crippen molar-refractivity contribution in [1.82, 2.24) is 15.1 Å². The molecule has 0 aliphatic carbocycles. The molecular formula is C14H24N4S. The van der Waals surface area contributed by atoms with E-state index in [-0.39, 0.29) is 5.54 Å². The van der Waals surface area contributed by atoms with E-state index in [2.05, 4.69) is 37.3 Å². The van der Waals surface area contributed by atoms with Gasteiger partial charge in [0.25, 0.3) is 0 Å². The molecule has 1 atom stereocenters. The van der Waals surface area contributed by atoms with Gasteiger partial charge >= 0.3 is 0 Å². The predicted octanol–water partition coefficient (Wildman–Crippen LogP) is 2.96. The van der Waals surface area contributed by atoms with Crippen LogP contribution in [0.25, 0.3) is 0 Å². The first-order valence-corrected chi connectivity index (χ1v) is 7.80. The second-order valence-corrected chi connectivity index (χ2v) is 6.32. The lowest BCUT2D eigenvalue weighted by Gasteiger charge is -2.29. The Morgan fingerprint density at radius 2 is 2.32 bits per heavy atom. The Morgan fingerprint density at radius 1 is 1.58 bits per heavy atom. The van der Waals surface area contributed by atoms with Gasteiger partial charge < -0.3 is 0 Å². The van der Waals surface area contributed by atoms with E-state index in [0.29, 0.717) is 6.04 Å². The van der Waals surface area contributed by atoms with Crippen LogP contribution in [0.3, 0.4) is 0 Å². The van der Waals surface area contributed by atoms with Crippen molar-refractivity contribution in [3.8, 4) is 6.07 Å². The van der Waals surface area contributed by atoms with Gasteiger partial charge in [-0.05, 0) is 38.9 Å². The van der Waals surface area contributed by atoms with Gasteiger partial charge in [-0.2, -0.15) is 10.4 Å². The monoisotopic (exact) mass is 280 g/mol. The Balaban J connectivity index is 2.38. The third-order valence-corrected chi connectivity index (χ3v) is 4.12. The molecule has 0 bridgehead atoms. The molecule has 1 unspecified atom stereocenters. The number of nitriles is 1. The smallest absolute Gasteiger partial charge is 0.106 e. The van der Waals surface area contributed by atoms with Crippen LogP contribution in [0.1, 0.15) is 40.0 Å². The van der Waals surface area contributed by atoms with E-state index >= 15 is 0 Å². The van der Waals surface area contributed by atoms with Crippen molar-refractivity contribution in [1.29, 1.82) is 5.26 Å². The third kappa shape index (κ3) is 5.25. The molecular weight excluding hydrogens is 256 g/mol. The number of rotatable bonds is 8. The minimum Gasteiger partial charge on any atom is -0.297 e. The standard InChI is InChI=1S/C14H24N4S/c1-5-14(11-15,17-12(2)3)7-6-8-19-13-9-16-18(4)10-13/h9-10,12,17H,5-8H2,1-4H3. The third-order valence-electron chi connectivity index (χ3n) is 3.08. The van der Waals surface area contributed by atoms with Gasteiger partial charge in [-0.25, -0.2) is 0 Å². The van der Waals surface area contributed by atoms with Crippen molar-refractivity contribution in [3.05, 3.63) is 12.4 Å². The molecule has 0 spiro atoms. The van der Waals surface area contributed by atoms with Crippen LogP contribution in [0.15, 0.2) is 17.3 Å². The van der Waals surface area contributed by atoms with Crippen LogP contribution in [0.4, 0.5) is 0 Å². The van der Waals surface area contributed by atoms with Crippen LogP contribution >= 0.6 is 11.8 Å². The predicted molar refractivity (Wildman–Crippen MR) is 80.1 cm³/mol. The van der Waals surface area contributed by atoms with Crippen LogP contribution in [-0.4, -0.2) is 27.1 Å². The largest absolute Gasteiger partial charge is 0.297 e. The molecule has 1 heterocycles. The average Bonchev–Trinajstić information content (AvgIpc) is 2.78. The van der Waals surface area contributed by atoms with Crippen molar-refractivity contribution >= 4 is 11.8 Å². The molecule has 0 saturated heterocycles.